The van der Waals surface area contributed by atoms with Crippen LogP contribution in [-0.2, 0) is 14.8 Å². The van der Waals surface area contributed by atoms with Crippen LogP contribution in [0.3, 0.4) is 0 Å². The zero-order chi connectivity index (χ0) is 13.5. The Morgan fingerprint density at radius 2 is 2.11 bits per heavy atom. The third-order valence-electron chi connectivity index (χ3n) is 2.97. The van der Waals surface area contributed by atoms with Crippen molar-refractivity contribution < 1.29 is 18.3 Å². The molecule has 0 aliphatic carbocycles. The number of benzene rings is 1. The van der Waals surface area contributed by atoms with Gasteiger partial charge >= 0.3 is 5.97 Å². The highest BCUT2D eigenvalue weighted by molar-refractivity contribution is 7.89. The maximum absolute atomic E-state index is 12.0. The number of aliphatic carboxylic acids is 1. The Bertz CT molecular complexity index is 595. The van der Waals surface area contributed by atoms with Crippen LogP contribution in [0.5, 0.6) is 0 Å². The van der Waals surface area contributed by atoms with Gasteiger partial charge in [-0.25, -0.2) is 12.7 Å². The molecule has 0 bridgehead atoms. The molecule has 0 radical (unpaired) electrons. The summed E-state index contributed by atoms with van der Waals surface area (Å²) in [6, 6.07) is 4.52. The average Bonchev–Trinajstić information content (AvgIpc) is 2.71. The molecular formula is C11H14N2O4S. The lowest BCUT2D eigenvalue weighted by Gasteiger charge is -2.13. The first-order chi connectivity index (χ1) is 8.34. The maximum atomic E-state index is 12.0. The van der Waals surface area contributed by atoms with Gasteiger partial charge in [0.25, 0.3) is 0 Å². The molecule has 1 atom stereocenters. The Kier molecular flexibility index (Phi) is 3.04. The van der Waals surface area contributed by atoms with Crippen LogP contribution in [0.25, 0.3) is 0 Å². The van der Waals surface area contributed by atoms with Crippen LogP contribution in [0, 0.1) is 0 Å². The number of carboxylic acid groups (broad SMARTS) is 1. The summed E-state index contributed by atoms with van der Waals surface area (Å²) in [6.45, 7) is 0.288. The number of hydrogen-bond acceptors (Lipinski definition) is 4. The van der Waals surface area contributed by atoms with Gasteiger partial charge in [-0.3, -0.25) is 4.79 Å². The second-order valence-corrected chi connectivity index (χ2v) is 6.46. The van der Waals surface area contributed by atoms with Gasteiger partial charge in [0.2, 0.25) is 10.0 Å². The predicted octanol–water partition coefficient (Wildman–Crippen LogP) is 0.531. The monoisotopic (exact) mass is 270 g/mol. The van der Waals surface area contributed by atoms with E-state index in [9.17, 15) is 13.2 Å². The quantitative estimate of drug-likeness (QED) is 0.836. The summed E-state index contributed by atoms with van der Waals surface area (Å²) in [5, 5.41) is 12.0. The molecule has 0 saturated heterocycles. The van der Waals surface area contributed by atoms with E-state index in [0.29, 0.717) is 11.3 Å². The van der Waals surface area contributed by atoms with Crippen molar-refractivity contribution in [1.29, 1.82) is 0 Å². The molecule has 2 N–H and O–H groups in total. The Morgan fingerprint density at radius 1 is 1.44 bits per heavy atom. The predicted molar refractivity (Wildman–Crippen MR) is 66.2 cm³/mol. The zero-order valence-corrected chi connectivity index (χ0v) is 10.9. The number of sulfonamides is 1. The number of anilines is 1. The molecular weight excluding hydrogens is 256 g/mol. The molecule has 0 spiro atoms. The molecule has 1 unspecified atom stereocenters. The van der Waals surface area contributed by atoms with Crippen molar-refractivity contribution in [3.8, 4) is 0 Å². The van der Waals surface area contributed by atoms with E-state index in [4.69, 9.17) is 5.11 Å². The van der Waals surface area contributed by atoms with E-state index < -0.39 is 21.9 Å². The van der Waals surface area contributed by atoms with Gasteiger partial charge < -0.3 is 10.4 Å². The summed E-state index contributed by atoms with van der Waals surface area (Å²) >= 11 is 0. The minimum atomic E-state index is -3.53. The molecule has 18 heavy (non-hydrogen) atoms. The number of fused-ring (bicyclic) bond motifs is 1. The van der Waals surface area contributed by atoms with Crippen molar-refractivity contribution in [3.63, 3.8) is 0 Å². The number of rotatable bonds is 3. The Balaban J connectivity index is 2.51. The standard InChI is InChI=1S/C11H14N2O4S/c1-13(2)18(16,17)7-3-4-10-8(5-7)9(6-12-10)11(14)15/h3-5,9,12H,6H2,1-2H3,(H,14,15). The molecule has 7 heteroatoms. The third-order valence-corrected chi connectivity index (χ3v) is 4.78. The number of carbonyl (C=O) groups is 1. The summed E-state index contributed by atoms with van der Waals surface area (Å²) in [4.78, 5) is 11.2. The van der Waals surface area contributed by atoms with E-state index in [1.165, 1.54) is 26.2 Å². The van der Waals surface area contributed by atoms with Crippen molar-refractivity contribution in [3.05, 3.63) is 23.8 Å². The highest BCUT2D eigenvalue weighted by Crippen LogP contribution is 2.33. The van der Waals surface area contributed by atoms with Crippen LogP contribution in [0.4, 0.5) is 5.69 Å². The van der Waals surface area contributed by atoms with Crippen LogP contribution >= 0.6 is 0 Å². The first kappa shape index (κ1) is 12.8. The Labute approximate surface area is 105 Å². The molecule has 6 nitrogen and oxygen atoms in total. The third kappa shape index (κ3) is 1.95. The lowest BCUT2D eigenvalue weighted by Crippen LogP contribution is -2.22. The van der Waals surface area contributed by atoms with E-state index in [-0.39, 0.29) is 11.4 Å². The van der Waals surface area contributed by atoms with E-state index in [1.807, 2.05) is 0 Å². The summed E-state index contributed by atoms with van der Waals surface area (Å²) in [5.74, 6) is -1.65. The molecule has 98 valence electrons. The lowest BCUT2D eigenvalue weighted by molar-refractivity contribution is -0.138. The van der Waals surface area contributed by atoms with Gasteiger partial charge in [-0.15, -0.1) is 0 Å². The van der Waals surface area contributed by atoms with Crippen LogP contribution in [-0.4, -0.2) is 44.4 Å². The highest BCUT2D eigenvalue weighted by Gasteiger charge is 2.30. The fraction of sp³-hybridized carbons (Fsp3) is 0.364. The van der Waals surface area contributed by atoms with Gasteiger partial charge in [0.05, 0.1) is 4.90 Å². The fourth-order valence-electron chi connectivity index (χ4n) is 1.90. The normalized spacial score (nSPS) is 18.5. The van der Waals surface area contributed by atoms with Crippen molar-refractivity contribution in [1.82, 2.24) is 4.31 Å². The molecule has 1 aliphatic rings. The minimum absolute atomic E-state index is 0.112. The smallest absolute Gasteiger partial charge is 0.312 e. The van der Waals surface area contributed by atoms with E-state index in [1.54, 1.807) is 6.07 Å². The summed E-state index contributed by atoms with van der Waals surface area (Å²) in [6.07, 6.45) is 0. The number of hydrogen-bond donors (Lipinski definition) is 2. The molecule has 1 aliphatic heterocycles. The number of nitrogens with one attached hydrogen (secondary N) is 1. The SMILES string of the molecule is CN(C)S(=O)(=O)c1ccc2c(c1)C(C(=O)O)CN2. The van der Waals surface area contributed by atoms with Gasteiger partial charge in [0.15, 0.2) is 0 Å². The minimum Gasteiger partial charge on any atom is -0.481 e. The van der Waals surface area contributed by atoms with Crippen molar-refractivity contribution in [2.24, 2.45) is 0 Å². The van der Waals surface area contributed by atoms with Gasteiger partial charge in [-0.1, -0.05) is 0 Å². The first-order valence-corrected chi connectivity index (χ1v) is 6.81. The van der Waals surface area contributed by atoms with Gasteiger partial charge in [0.1, 0.15) is 5.92 Å². The van der Waals surface area contributed by atoms with Gasteiger partial charge in [-0.05, 0) is 23.8 Å². The molecule has 0 saturated carbocycles. The average molecular weight is 270 g/mol. The summed E-state index contributed by atoms with van der Waals surface area (Å²) in [7, 11) is -0.655. The van der Waals surface area contributed by atoms with Crippen molar-refractivity contribution in [2.45, 2.75) is 10.8 Å². The fourth-order valence-corrected chi connectivity index (χ4v) is 2.84. The van der Waals surface area contributed by atoms with Crippen LogP contribution in [0.1, 0.15) is 11.5 Å². The van der Waals surface area contributed by atoms with E-state index >= 15 is 0 Å². The van der Waals surface area contributed by atoms with Crippen LogP contribution in [0.2, 0.25) is 0 Å². The van der Waals surface area contributed by atoms with E-state index in [0.717, 1.165) is 4.31 Å². The molecule has 0 fully saturated rings. The number of carboxylic acids is 1. The maximum Gasteiger partial charge on any atom is 0.312 e. The summed E-state index contributed by atoms with van der Waals surface area (Å²) in [5.41, 5.74) is 1.20. The van der Waals surface area contributed by atoms with Crippen LogP contribution < -0.4 is 5.32 Å². The molecule has 0 amide bonds. The van der Waals surface area contributed by atoms with Gasteiger partial charge in [-0.2, -0.15) is 0 Å². The lowest BCUT2D eigenvalue weighted by atomic mass is 10.0. The molecule has 0 aromatic heterocycles. The molecule has 1 aromatic rings. The molecule has 2 rings (SSSR count). The van der Waals surface area contributed by atoms with Crippen LogP contribution in [0.15, 0.2) is 23.1 Å². The molecule has 1 aromatic carbocycles. The number of nitrogens with zero attached hydrogens (tertiary/aromatic N) is 1. The molecule has 1 heterocycles. The first-order valence-electron chi connectivity index (χ1n) is 5.37. The Hall–Kier alpha value is -1.60. The van der Waals surface area contributed by atoms with Gasteiger partial charge in [0, 0.05) is 26.3 Å². The zero-order valence-electron chi connectivity index (χ0n) is 10.0. The highest BCUT2D eigenvalue weighted by atomic mass is 32.2. The summed E-state index contributed by atoms with van der Waals surface area (Å²) < 4.78 is 25.0. The largest absolute Gasteiger partial charge is 0.481 e. The second-order valence-electron chi connectivity index (χ2n) is 4.31. The topological polar surface area (TPSA) is 86.7 Å². The second kappa shape index (κ2) is 4.25. The van der Waals surface area contributed by atoms with Crippen molar-refractivity contribution >= 4 is 21.7 Å². The Morgan fingerprint density at radius 3 is 2.67 bits per heavy atom. The van der Waals surface area contributed by atoms with Crippen molar-refractivity contribution in [2.75, 3.05) is 26.0 Å². The van der Waals surface area contributed by atoms with E-state index in [2.05, 4.69) is 5.32 Å².